The van der Waals surface area contributed by atoms with Crippen molar-refractivity contribution in [1.29, 1.82) is 0 Å². The van der Waals surface area contributed by atoms with E-state index in [9.17, 15) is 4.79 Å². The van der Waals surface area contributed by atoms with Crippen molar-refractivity contribution in [3.8, 4) is 0 Å². The normalized spacial score (nSPS) is 13.7. The molecule has 1 aromatic rings. The molecule has 0 bridgehead atoms. The van der Waals surface area contributed by atoms with Gasteiger partial charge in [0, 0.05) is 0 Å². The van der Waals surface area contributed by atoms with Gasteiger partial charge in [-0.25, -0.2) is 0 Å². The number of methoxy groups -OCH3 is 1. The van der Waals surface area contributed by atoms with Crippen molar-refractivity contribution >= 4 is 5.97 Å². The summed E-state index contributed by atoms with van der Waals surface area (Å²) in [6.45, 7) is 3.46. The molecule has 0 fully saturated rings. The molecular weight excluding hydrogens is 182 g/mol. The minimum absolute atomic E-state index is 0.346. The molecule has 0 saturated carbocycles. The molecule has 14 heavy (non-hydrogen) atoms. The molecule has 0 radical (unpaired) electrons. The van der Waals surface area contributed by atoms with Gasteiger partial charge in [0.15, 0.2) is 0 Å². The highest BCUT2D eigenvalue weighted by Gasteiger charge is 2.37. The van der Waals surface area contributed by atoms with E-state index in [0.717, 1.165) is 0 Å². The molecule has 0 aromatic carbocycles. The Bertz CT molecular complexity index is 303. The van der Waals surface area contributed by atoms with Crippen LogP contribution in [0.25, 0.3) is 0 Å². The summed E-state index contributed by atoms with van der Waals surface area (Å²) in [5.74, 6) is 0.238. The first-order valence-corrected chi connectivity index (χ1v) is 4.37. The minimum Gasteiger partial charge on any atom is -0.469 e. The fourth-order valence-electron chi connectivity index (χ4n) is 1.21. The second-order valence-electron chi connectivity index (χ2n) is 3.71. The summed E-state index contributed by atoms with van der Waals surface area (Å²) in [6, 6.07) is 2.99. The van der Waals surface area contributed by atoms with Gasteiger partial charge in [-0.2, -0.15) is 0 Å². The van der Waals surface area contributed by atoms with Crippen LogP contribution in [0.1, 0.15) is 25.6 Å². The summed E-state index contributed by atoms with van der Waals surface area (Å²) < 4.78 is 9.82. The van der Waals surface area contributed by atoms with Crippen LogP contribution in [0.15, 0.2) is 22.8 Å². The van der Waals surface area contributed by atoms with Gasteiger partial charge in [0.25, 0.3) is 0 Å². The Morgan fingerprint density at radius 3 is 2.71 bits per heavy atom. The molecule has 0 aliphatic rings. The first kappa shape index (κ1) is 10.8. The summed E-state index contributed by atoms with van der Waals surface area (Å²) in [5, 5.41) is 0. The molecule has 78 valence electrons. The van der Waals surface area contributed by atoms with Gasteiger partial charge >= 0.3 is 5.97 Å². The molecule has 4 nitrogen and oxygen atoms in total. The lowest BCUT2D eigenvalue weighted by atomic mass is 9.83. The van der Waals surface area contributed by atoms with E-state index in [4.69, 9.17) is 10.2 Å². The Morgan fingerprint density at radius 2 is 2.29 bits per heavy atom. The fourth-order valence-corrected chi connectivity index (χ4v) is 1.21. The van der Waals surface area contributed by atoms with E-state index in [1.54, 1.807) is 26.0 Å². The standard InChI is InChI=1S/C10H15NO3/c1-10(2,9(12)13-3)8(11)7-5-4-6-14-7/h4-6,8H,11H2,1-3H3/t8-/m1/s1. The molecule has 0 spiro atoms. The van der Waals surface area contributed by atoms with Crippen LogP contribution >= 0.6 is 0 Å². The molecule has 0 aliphatic heterocycles. The maximum absolute atomic E-state index is 11.4. The zero-order valence-corrected chi connectivity index (χ0v) is 8.61. The molecular formula is C10H15NO3. The van der Waals surface area contributed by atoms with Crippen molar-refractivity contribution in [3.05, 3.63) is 24.2 Å². The highest BCUT2D eigenvalue weighted by molar-refractivity contribution is 5.76. The first-order chi connectivity index (χ1) is 6.50. The molecule has 2 N–H and O–H groups in total. The van der Waals surface area contributed by atoms with E-state index in [-0.39, 0.29) is 5.97 Å². The SMILES string of the molecule is COC(=O)C(C)(C)[C@H](N)c1ccco1. The number of ether oxygens (including phenoxy) is 1. The fraction of sp³-hybridized carbons (Fsp3) is 0.500. The average molecular weight is 197 g/mol. The Hall–Kier alpha value is -1.29. The van der Waals surface area contributed by atoms with Crippen LogP contribution < -0.4 is 5.73 Å². The van der Waals surface area contributed by atoms with Crippen LogP contribution in [0, 0.1) is 5.41 Å². The van der Waals surface area contributed by atoms with Gasteiger partial charge in [0.2, 0.25) is 0 Å². The molecule has 1 aromatic heterocycles. The van der Waals surface area contributed by atoms with Crippen LogP contribution in [0.2, 0.25) is 0 Å². The smallest absolute Gasteiger partial charge is 0.313 e. The minimum atomic E-state index is -0.785. The van der Waals surface area contributed by atoms with Crippen molar-refractivity contribution in [3.63, 3.8) is 0 Å². The third-order valence-corrected chi connectivity index (χ3v) is 2.34. The van der Waals surface area contributed by atoms with Crippen LogP contribution in [-0.2, 0) is 9.53 Å². The largest absolute Gasteiger partial charge is 0.469 e. The summed E-state index contributed by atoms with van der Waals surface area (Å²) in [4.78, 5) is 11.4. The molecule has 0 unspecified atom stereocenters. The molecule has 0 saturated heterocycles. The Kier molecular flexibility index (Phi) is 2.96. The van der Waals surface area contributed by atoms with Crippen LogP contribution in [0.5, 0.6) is 0 Å². The van der Waals surface area contributed by atoms with Gasteiger partial charge in [0.05, 0.1) is 24.8 Å². The number of rotatable bonds is 3. The van der Waals surface area contributed by atoms with Crippen molar-refractivity contribution in [2.75, 3.05) is 7.11 Å². The lowest BCUT2D eigenvalue weighted by Gasteiger charge is -2.26. The lowest BCUT2D eigenvalue weighted by Crippen LogP contribution is -2.37. The molecule has 4 heteroatoms. The van der Waals surface area contributed by atoms with E-state index >= 15 is 0 Å². The van der Waals surface area contributed by atoms with Crippen molar-refractivity contribution in [1.82, 2.24) is 0 Å². The molecule has 0 amide bonds. The average Bonchev–Trinajstić information content (AvgIpc) is 2.67. The maximum Gasteiger partial charge on any atom is 0.313 e. The third-order valence-electron chi connectivity index (χ3n) is 2.34. The van der Waals surface area contributed by atoms with Gasteiger partial charge in [-0.05, 0) is 26.0 Å². The summed E-state index contributed by atoms with van der Waals surface area (Å²) in [5.41, 5.74) is 5.11. The topological polar surface area (TPSA) is 65.5 Å². The number of nitrogens with two attached hydrogens (primary N) is 1. The van der Waals surface area contributed by atoms with E-state index in [0.29, 0.717) is 5.76 Å². The van der Waals surface area contributed by atoms with Gasteiger partial charge in [-0.15, -0.1) is 0 Å². The maximum atomic E-state index is 11.4. The summed E-state index contributed by atoms with van der Waals surface area (Å²) in [7, 11) is 1.35. The monoisotopic (exact) mass is 197 g/mol. The van der Waals surface area contributed by atoms with Crippen molar-refractivity contribution < 1.29 is 13.9 Å². The molecule has 1 heterocycles. The molecule has 1 atom stereocenters. The van der Waals surface area contributed by atoms with E-state index in [1.807, 2.05) is 0 Å². The number of furan rings is 1. The van der Waals surface area contributed by atoms with Crippen LogP contribution in [0.4, 0.5) is 0 Å². The van der Waals surface area contributed by atoms with Crippen molar-refractivity contribution in [2.45, 2.75) is 19.9 Å². The third kappa shape index (κ3) is 1.80. The van der Waals surface area contributed by atoms with Gasteiger partial charge in [-0.1, -0.05) is 0 Å². The van der Waals surface area contributed by atoms with E-state index in [1.165, 1.54) is 13.4 Å². The first-order valence-electron chi connectivity index (χ1n) is 4.37. The second-order valence-corrected chi connectivity index (χ2v) is 3.71. The van der Waals surface area contributed by atoms with E-state index in [2.05, 4.69) is 4.74 Å². The van der Waals surface area contributed by atoms with Gasteiger partial charge in [-0.3, -0.25) is 4.79 Å². The second kappa shape index (κ2) is 3.84. The Morgan fingerprint density at radius 1 is 1.64 bits per heavy atom. The van der Waals surface area contributed by atoms with Crippen LogP contribution in [-0.4, -0.2) is 13.1 Å². The number of carbonyl (C=O) groups is 1. The van der Waals surface area contributed by atoms with Gasteiger partial charge < -0.3 is 14.9 Å². The van der Waals surface area contributed by atoms with E-state index < -0.39 is 11.5 Å². The van der Waals surface area contributed by atoms with Gasteiger partial charge in [0.1, 0.15) is 5.76 Å². The highest BCUT2D eigenvalue weighted by Crippen LogP contribution is 2.32. The Labute approximate surface area is 83.0 Å². The number of esters is 1. The summed E-state index contributed by atoms with van der Waals surface area (Å²) >= 11 is 0. The number of carbonyl (C=O) groups excluding carboxylic acids is 1. The molecule has 1 rings (SSSR count). The predicted molar refractivity (Wildman–Crippen MR) is 51.4 cm³/mol. The number of hydrogen-bond donors (Lipinski definition) is 1. The van der Waals surface area contributed by atoms with Crippen LogP contribution in [0.3, 0.4) is 0 Å². The van der Waals surface area contributed by atoms with Crippen molar-refractivity contribution in [2.24, 2.45) is 11.1 Å². The zero-order valence-electron chi connectivity index (χ0n) is 8.61. The zero-order chi connectivity index (χ0) is 10.8. The summed E-state index contributed by atoms with van der Waals surface area (Å²) in [6.07, 6.45) is 1.53. The lowest BCUT2D eigenvalue weighted by molar-refractivity contribution is -0.152. The number of hydrogen-bond acceptors (Lipinski definition) is 4. The quantitative estimate of drug-likeness (QED) is 0.745. The highest BCUT2D eigenvalue weighted by atomic mass is 16.5. The molecule has 0 aliphatic carbocycles. The predicted octanol–water partition coefficient (Wildman–Crippen LogP) is 1.48. The Balaban J connectivity index is 2.88.